The molecule has 0 aliphatic rings. The molecule has 0 bridgehead atoms. The maximum absolute atomic E-state index is 11.3. The summed E-state index contributed by atoms with van der Waals surface area (Å²) in [5.41, 5.74) is 4.89. The van der Waals surface area contributed by atoms with Gasteiger partial charge in [-0.1, -0.05) is 46.0 Å². The fourth-order valence-corrected chi connectivity index (χ4v) is 1.51. The van der Waals surface area contributed by atoms with Crippen molar-refractivity contribution in [3.8, 4) is 0 Å². The highest BCUT2D eigenvalue weighted by molar-refractivity contribution is 5.81. The third-order valence-electron chi connectivity index (χ3n) is 2.61. The number of carbonyl (C=O) groups excluding carboxylic acids is 2. The van der Waals surface area contributed by atoms with E-state index >= 15 is 0 Å². The third kappa shape index (κ3) is 11.2. The Morgan fingerprint density at radius 3 is 1.59 bits per heavy atom. The zero-order chi connectivity index (χ0) is 12.9. The van der Waals surface area contributed by atoms with E-state index in [4.69, 9.17) is 0 Å². The van der Waals surface area contributed by atoms with E-state index in [-0.39, 0.29) is 11.8 Å². The molecule has 0 rings (SSSR count). The fourth-order valence-electron chi connectivity index (χ4n) is 1.51. The lowest BCUT2D eigenvalue weighted by Crippen LogP contribution is -2.41. The van der Waals surface area contributed by atoms with E-state index in [0.29, 0.717) is 12.8 Å². The lowest BCUT2D eigenvalue weighted by Gasteiger charge is -2.06. The van der Waals surface area contributed by atoms with Gasteiger partial charge >= 0.3 is 0 Å². The molecule has 0 heterocycles. The number of carbonyl (C=O) groups is 2. The van der Waals surface area contributed by atoms with Crippen molar-refractivity contribution >= 4 is 11.8 Å². The van der Waals surface area contributed by atoms with Gasteiger partial charge in [0.2, 0.25) is 11.8 Å². The van der Waals surface area contributed by atoms with Crippen molar-refractivity contribution in [2.45, 2.75) is 71.6 Å². The number of rotatable bonds is 9. The molecule has 0 radical (unpaired) electrons. The summed E-state index contributed by atoms with van der Waals surface area (Å²) in [6, 6.07) is 0. The van der Waals surface area contributed by atoms with Gasteiger partial charge in [-0.2, -0.15) is 0 Å². The standard InChI is InChI=1S/C13H26N2O2/c1-3-5-7-9-11-13(17)15-14-12(16)10-8-6-4-2/h3-11H2,1-2H3,(H,14,16)(H,15,17). The van der Waals surface area contributed by atoms with Crippen molar-refractivity contribution in [2.24, 2.45) is 0 Å². The van der Waals surface area contributed by atoms with Crippen LogP contribution in [0.4, 0.5) is 0 Å². The van der Waals surface area contributed by atoms with Crippen molar-refractivity contribution in [3.63, 3.8) is 0 Å². The highest BCUT2D eigenvalue weighted by atomic mass is 16.2. The molecular formula is C13H26N2O2. The van der Waals surface area contributed by atoms with Gasteiger partial charge < -0.3 is 0 Å². The number of hydrogen-bond donors (Lipinski definition) is 2. The van der Waals surface area contributed by atoms with Crippen LogP contribution in [-0.2, 0) is 9.59 Å². The lowest BCUT2D eigenvalue weighted by molar-refractivity contribution is -0.129. The van der Waals surface area contributed by atoms with Gasteiger partial charge in [0.25, 0.3) is 0 Å². The van der Waals surface area contributed by atoms with Crippen molar-refractivity contribution in [3.05, 3.63) is 0 Å². The molecule has 2 amide bonds. The highest BCUT2D eigenvalue weighted by Crippen LogP contribution is 2.01. The molecule has 0 aromatic rings. The van der Waals surface area contributed by atoms with Crippen molar-refractivity contribution in [2.75, 3.05) is 0 Å². The average molecular weight is 242 g/mol. The van der Waals surface area contributed by atoms with E-state index < -0.39 is 0 Å². The molecule has 0 spiro atoms. The Kier molecular flexibility index (Phi) is 10.7. The minimum atomic E-state index is -0.0969. The molecule has 0 aromatic heterocycles. The molecule has 2 N–H and O–H groups in total. The van der Waals surface area contributed by atoms with Crippen LogP contribution in [0.15, 0.2) is 0 Å². The number of amides is 2. The first-order valence-electron chi connectivity index (χ1n) is 6.78. The van der Waals surface area contributed by atoms with Crippen molar-refractivity contribution < 1.29 is 9.59 Å². The van der Waals surface area contributed by atoms with Crippen molar-refractivity contribution in [1.82, 2.24) is 10.9 Å². The molecule has 4 heteroatoms. The van der Waals surface area contributed by atoms with Gasteiger partial charge in [0.15, 0.2) is 0 Å². The average Bonchev–Trinajstić information content (AvgIpc) is 2.32. The molecule has 0 aliphatic heterocycles. The highest BCUT2D eigenvalue weighted by Gasteiger charge is 2.03. The van der Waals surface area contributed by atoms with Crippen molar-refractivity contribution in [1.29, 1.82) is 0 Å². The van der Waals surface area contributed by atoms with Crippen LogP contribution in [0.5, 0.6) is 0 Å². The monoisotopic (exact) mass is 242 g/mol. The second-order valence-corrected chi connectivity index (χ2v) is 4.36. The van der Waals surface area contributed by atoms with E-state index in [1.54, 1.807) is 0 Å². The zero-order valence-corrected chi connectivity index (χ0v) is 11.2. The Labute approximate surface area is 105 Å². The van der Waals surface area contributed by atoms with E-state index in [9.17, 15) is 9.59 Å². The van der Waals surface area contributed by atoms with Crippen LogP contribution >= 0.6 is 0 Å². The topological polar surface area (TPSA) is 58.2 Å². The van der Waals surface area contributed by atoms with E-state index in [1.165, 1.54) is 0 Å². The molecule has 0 unspecified atom stereocenters. The molecular weight excluding hydrogens is 216 g/mol. The molecule has 0 saturated heterocycles. The summed E-state index contributed by atoms with van der Waals surface area (Å²) in [7, 11) is 0. The van der Waals surface area contributed by atoms with Gasteiger partial charge in [-0.15, -0.1) is 0 Å². The molecule has 0 aromatic carbocycles. The van der Waals surface area contributed by atoms with Crippen LogP contribution in [0.3, 0.4) is 0 Å². The molecule has 0 fully saturated rings. The number of hydrogen-bond acceptors (Lipinski definition) is 2. The van der Waals surface area contributed by atoms with Gasteiger partial charge in [0.05, 0.1) is 0 Å². The van der Waals surface area contributed by atoms with E-state index in [0.717, 1.165) is 44.9 Å². The summed E-state index contributed by atoms with van der Waals surface area (Å²) in [4.78, 5) is 22.6. The predicted octanol–water partition coefficient (Wildman–Crippen LogP) is 2.68. The molecule has 4 nitrogen and oxygen atoms in total. The Morgan fingerprint density at radius 2 is 1.12 bits per heavy atom. The molecule has 100 valence electrons. The number of hydrazine groups is 1. The quantitative estimate of drug-likeness (QED) is 0.482. The molecule has 17 heavy (non-hydrogen) atoms. The van der Waals surface area contributed by atoms with Gasteiger partial charge in [-0.25, -0.2) is 0 Å². The second-order valence-electron chi connectivity index (χ2n) is 4.36. The maximum Gasteiger partial charge on any atom is 0.238 e. The maximum atomic E-state index is 11.3. The minimum absolute atomic E-state index is 0.0926. The SMILES string of the molecule is CCCCCCC(=O)NNC(=O)CCCCC. The largest absolute Gasteiger partial charge is 0.273 e. The Hall–Kier alpha value is -1.06. The van der Waals surface area contributed by atoms with Gasteiger partial charge in [-0.3, -0.25) is 20.4 Å². The smallest absolute Gasteiger partial charge is 0.238 e. The summed E-state index contributed by atoms with van der Waals surface area (Å²) in [6.07, 6.45) is 8.32. The lowest BCUT2D eigenvalue weighted by atomic mass is 10.1. The van der Waals surface area contributed by atoms with Gasteiger partial charge in [-0.05, 0) is 12.8 Å². The Morgan fingerprint density at radius 1 is 0.706 bits per heavy atom. The molecule has 0 aliphatic carbocycles. The van der Waals surface area contributed by atoms with E-state index in [1.807, 2.05) is 0 Å². The first-order chi connectivity index (χ1) is 8.20. The molecule has 0 saturated carbocycles. The summed E-state index contributed by atoms with van der Waals surface area (Å²) < 4.78 is 0. The number of unbranched alkanes of at least 4 members (excludes halogenated alkanes) is 5. The van der Waals surface area contributed by atoms with Crippen LogP contribution in [0, 0.1) is 0 Å². The summed E-state index contributed by atoms with van der Waals surface area (Å²) >= 11 is 0. The van der Waals surface area contributed by atoms with Crippen LogP contribution in [0.2, 0.25) is 0 Å². The van der Waals surface area contributed by atoms with Gasteiger partial charge in [0.1, 0.15) is 0 Å². The first-order valence-corrected chi connectivity index (χ1v) is 6.78. The Balaban J connectivity index is 3.39. The normalized spacial score (nSPS) is 10.0. The zero-order valence-electron chi connectivity index (χ0n) is 11.2. The predicted molar refractivity (Wildman–Crippen MR) is 69.2 cm³/mol. The Bertz CT molecular complexity index is 217. The molecule has 0 atom stereocenters. The summed E-state index contributed by atoms with van der Waals surface area (Å²) in [5.74, 6) is -0.190. The minimum Gasteiger partial charge on any atom is -0.273 e. The number of nitrogens with one attached hydrogen (secondary N) is 2. The summed E-state index contributed by atoms with van der Waals surface area (Å²) in [6.45, 7) is 4.23. The first kappa shape index (κ1) is 15.9. The fraction of sp³-hybridized carbons (Fsp3) is 0.846. The van der Waals surface area contributed by atoms with Crippen LogP contribution in [0.25, 0.3) is 0 Å². The van der Waals surface area contributed by atoms with Crippen LogP contribution in [0.1, 0.15) is 71.6 Å². The van der Waals surface area contributed by atoms with Crippen LogP contribution < -0.4 is 10.9 Å². The third-order valence-corrected chi connectivity index (χ3v) is 2.61. The second kappa shape index (κ2) is 11.4. The van der Waals surface area contributed by atoms with E-state index in [2.05, 4.69) is 24.7 Å². The van der Waals surface area contributed by atoms with Gasteiger partial charge in [0, 0.05) is 12.8 Å². The van der Waals surface area contributed by atoms with Crippen LogP contribution in [-0.4, -0.2) is 11.8 Å². The summed E-state index contributed by atoms with van der Waals surface area (Å²) in [5, 5.41) is 0.